The van der Waals surface area contributed by atoms with Gasteiger partial charge in [-0.2, -0.15) is 0 Å². The van der Waals surface area contributed by atoms with Crippen molar-refractivity contribution in [2.75, 3.05) is 51.3 Å². The number of benzene rings is 1. The standard InChI is InChI=1S/C27H29N5O5/c1-34-20-7-8-23-22(13-20)26(29-18-28-23)31-11-9-30(10-12-31)14-21-15-32(27(33)36-21)25-17-35-16-24(37-25)19-5-3-2-4-6-19/h2-3,5,7-8,13,16-18,21H,4,6,9-12,14-15H2,1H3/t21-/m1/s1. The summed E-state index contributed by atoms with van der Waals surface area (Å²) in [7, 11) is 1.66. The molecule has 0 saturated carbocycles. The van der Waals surface area contributed by atoms with Gasteiger partial charge in [-0.25, -0.2) is 19.7 Å². The molecule has 3 aliphatic heterocycles. The van der Waals surface area contributed by atoms with E-state index in [1.165, 1.54) is 11.2 Å². The van der Waals surface area contributed by atoms with E-state index in [2.05, 4.69) is 25.8 Å². The molecule has 2 fully saturated rings. The van der Waals surface area contributed by atoms with Crippen LogP contribution < -0.4 is 9.64 Å². The van der Waals surface area contributed by atoms with E-state index in [9.17, 15) is 4.79 Å². The highest BCUT2D eigenvalue weighted by atomic mass is 16.6. The fourth-order valence-corrected chi connectivity index (χ4v) is 5.01. The minimum Gasteiger partial charge on any atom is -0.497 e. The summed E-state index contributed by atoms with van der Waals surface area (Å²) in [6.45, 7) is 4.36. The van der Waals surface area contributed by atoms with E-state index in [0.29, 0.717) is 24.7 Å². The number of carbonyl (C=O) groups is 1. The number of aromatic nitrogens is 2. The van der Waals surface area contributed by atoms with Crippen LogP contribution in [0, 0.1) is 0 Å². The number of carbonyl (C=O) groups excluding carboxylic acids is 1. The van der Waals surface area contributed by atoms with Crippen LogP contribution in [-0.2, 0) is 14.2 Å². The first kappa shape index (κ1) is 23.4. The number of allylic oxidation sites excluding steroid dienone is 4. The maximum Gasteiger partial charge on any atom is 0.417 e. The zero-order valence-corrected chi connectivity index (χ0v) is 20.7. The molecule has 0 bridgehead atoms. The van der Waals surface area contributed by atoms with E-state index >= 15 is 0 Å². The molecule has 1 aromatic carbocycles. The molecular formula is C27H29N5O5. The molecule has 6 rings (SSSR count). The Bertz CT molecular complexity index is 1310. The minimum absolute atomic E-state index is 0.251. The summed E-state index contributed by atoms with van der Waals surface area (Å²) in [5.74, 6) is 2.68. The summed E-state index contributed by atoms with van der Waals surface area (Å²) < 4.78 is 22.6. The van der Waals surface area contributed by atoms with Crippen LogP contribution in [0.1, 0.15) is 12.8 Å². The lowest BCUT2D eigenvalue weighted by atomic mass is 10.0. The van der Waals surface area contributed by atoms with E-state index in [0.717, 1.165) is 67.1 Å². The SMILES string of the molecule is COc1ccc2ncnc(N3CCN(C[C@@H]4CN(C5=COC=C(C6=CC=CCC6)O5)C(=O)O4)CC3)c2c1. The first-order chi connectivity index (χ1) is 18.2. The van der Waals surface area contributed by atoms with Gasteiger partial charge in [-0.05, 0) is 36.6 Å². The van der Waals surface area contributed by atoms with Crippen LogP contribution in [0.2, 0.25) is 0 Å². The topological polar surface area (TPSA) is 89.5 Å². The van der Waals surface area contributed by atoms with E-state index in [1.807, 2.05) is 30.4 Å². The highest BCUT2D eigenvalue weighted by molar-refractivity contribution is 5.90. The number of rotatable bonds is 6. The molecule has 2 aromatic rings. The van der Waals surface area contributed by atoms with Crippen molar-refractivity contribution in [2.45, 2.75) is 18.9 Å². The predicted octanol–water partition coefficient (Wildman–Crippen LogP) is 3.54. The van der Waals surface area contributed by atoms with Crippen LogP contribution in [0.5, 0.6) is 5.75 Å². The van der Waals surface area contributed by atoms with Gasteiger partial charge in [0.05, 0.1) is 19.2 Å². The summed E-state index contributed by atoms with van der Waals surface area (Å²) in [5, 5.41) is 0.979. The number of anilines is 1. The minimum atomic E-state index is -0.418. The number of amides is 1. The van der Waals surface area contributed by atoms with Crippen LogP contribution in [0.25, 0.3) is 10.9 Å². The van der Waals surface area contributed by atoms with Gasteiger partial charge in [-0.15, -0.1) is 0 Å². The molecule has 10 heteroatoms. The Kier molecular flexibility index (Phi) is 6.40. The van der Waals surface area contributed by atoms with E-state index < -0.39 is 6.09 Å². The van der Waals surface area contributed by atoms with Crippen molar-refractivity contribution in [3.63, 3.8) is 0 Å². The molecule has 1 aromatic heterocycles. The maximum absolute atomic E-state index is 12.7. The third-order valence-corrected chi connectivity index (χ3v) is 6.98. The lowest BCUT2D eigenvalue weighted by molar-refractivity contribution is 0.101. The Hall–Kier alpha value is -4.05. The Morgan fingerprint density at radius 2 is 2.03 bits per heavy atom. The molecule has 1 aliphatic carbocycles. The fourth-order valence-electron chi connectivity index (χ4n) is 5.01. The van der Waals surface area contributed by atoms with Crippen molar-refractivity contribution < 1.29 is 23.7 Å². The molecule has 0 spiro atoms. The van der Waals surface area contributed by atoms with E-state index in [4.69, 9.17) is 18.9 Å². The monoisotopic (exact) mass is 503 g/mol. The average Bonchev–Trinajstić information content (AvgIpc) is 3.33. The Morgan fingerprint density at radius 1 is 1.14 bits per heavy atom. The van der Waals surface area contributed by atoms with Crippen molar-refractivity contribution in [3.05, 3.63) is 72.5 Å². The molecule has 0 unspecified atom stereocenters. The molecule has 10 nitrogen and oxygen atoms in total. The second-order valence-corrected chi connectivity index (χ2v) is 9.32. The number of hydrogen-bond donors (Lipinski definition) is 0. The van der Waals surface area contributed by atoms with Gasteiger partial charge in [0.15, 0.2) is 12.0 Å². The van der Waals surface area contributed by atoms with Gasteiger partial charge >= 0.3 is 6.09 Å². The van der Waals surface area contributed by atoms with Gasteiger partial charge < -0.3 is 23.8 Å². The smallest absolute Gasteiger partial charge is 0.417 e. The van der Waals surface area contributed by atoms with Gasteiger partial charge in [0.25, 0.3) is 0 Å². The highest BCUT2D eigenvalue weighted by Crippen LogP contribution is 2.30. The predicted molar refractivity (Wildman–Crippen MR) is 137 cm³/mol. The van der Waals surface area contributed by atoms with Gasteiger partial charge in [-0.3, -0.25) is 4.90 Å². The molecule has 4 aliphatic rings. The Balaban J connectivity index is 1.05. The lowest BCUT2D eigenvalue weighted by Gasteiger charge is -2.36. The van der Waals surface area contributed by atoms with Crippen molar-refractivity contribution in [3.8, 4) is 5.75 Å². The first-order valence-electron chi connectivity index (χ1n) is 12.5. The number of piperazine rings is 1. The quantitative estimate of drug-likeness (QED) is 0.587. The molecule has 192 valence electrons. The molecular weight excluding hydrogens is 474 g/mol. The average molecular weight is 504 g/mol. The summed E-state index contributed by atoms with van der Waals surface area (Å²) in [4.78, 5) is 27.7. The summed E-state index contributed by atoms with van der Waals surface area (Å²) in [5.41, 5.74) is 1.94. The van der Waals surface area contributed by atoms with Gasteiger partial charge in [-0.1, -0.05) is 18.2 Å². The fraction of sp³-hybridized carbons (Fsp3) is 0.370. The normalized spacial score (nSPS) is 22.1. The third kappa shape index (κ3) is 4.84. The second kappa shape index (κ2) is 10.1. The number of methoxy groups -OCH3 is 1. The number of ether oxygens (including phenoxy) is 4. The number of nitrogens with zero attached hydrogens (tertiary/aromatic N) is 5. The van der Waals surface area contributed by atoms with Crippen LogP contribution in [-0.4, -0.2) is 78.3 Å². The van der Waals surface area contributed by atoms with Gasteiger partial charge in [0.1, 0.15) is 30.3 Å². The largest absolute Gasteiger partial charge is 0.497 e. The second-order valence-electron chi connectivity index (χ2n) is 9.32. The van der Waals surface area contributed by atoms with Crippen LogP contribution >= 0.6 is 0 Å². The number of fused-ring (bicyclic) bond motifs is 1. The highest BCUT2D eigenvalue weighted by Gasteiger charge is 2.37. The number of hydrogen-bond acceptors (Lipinski definition) is 9. The van der Waals surface area contributed by atoms with Crippen molar-refractivity contribution >= 4 is 22.8 Å². The van der Waals surface area contributed by atoms with Crippen molar-refractivity contribution in [1.29, 1.82) is 0 Å². The molecule has 37 heavy (non-hydrogen) atoms. The molecule has 2 saturated heterocycles. The first-order valence-corrected chi connectivity index (χ1v) is 12.5. The Labute approximate surface area is 215 Å². The van der Waals surface area contributed by atoms with E-state index in [1.54, 1.807) is 19.7 Å². The van der Waals surface area contributed by atoms with Crippen LogP contribution in [0.4, 0.5) is 10.6 Å². The summed E-state index contributed by atoms with van der Waals surface area (Å²) >= 11 is 0. The number of cyclic esters (lactones) is 1. The lowest BCUT2D eigenvalue weighted by Crippen LogP contribution is -2.49. The molecule has 4 heterocycles. The van der Waals surface area contributed by atoms with Crippen LogP contribution in [0.3, 0.4) is 0 Å². The van der Waals surface area contributed by atoms with Crippen LogP contribution in [0.15, 0.2) is 72.5 Å². The molecule has 1 amide bonds. The van der Waals surface area contributed by atoms with Gasteiger partial charge in [0.2, 0.25) is 5.88 Å². The summed E-state index contributed by atoms with van der Waals surface area (Å²) in [6, 6.07) is 5.84. The zero-order valence-electron chi connectivity index (χ0n) is 20.7. The van der Waals surface area contributed by atoms with Crippen molar-refractivity contribution in [1.82, 2.24) is 19.8 Å². The van der Waals surface area contributed by atoms with E-state index in [-0.39, 0.29) is 6.10 Å². The third-order valence-electron chi connectivity index (χ3n) is 6.98. The molecule has 0 N–H and O–H groups in total. The molecule has 0 radical (unpaired) electrons. The summed E-state index contributed by atoms with van der Waals surface area (Å²) in [6.07, 6.45) is 11.9. The van der Waals surface area contributed by atoms with Gasteiger partial charge in [0, 0.05) is 38.1 Å². The maximum atomic E-state index is 12.7. The molecule has 1 atom stereocenters. The zero-order chi connectivity index (χ0) is 25.2. The Morgan fingerprint density at radius 3 is 2.84 bits per heavy atom. The van der Waals surface area contributed by atoms with Crippen molar-refractivity contribution in [2.24, 2.45) is 0 Å².